The van der Waals surface area contributed by atoms with Crippen LogP contribution in [-0.4, -0.2) is 35.0 Å². The molecule has 1 amide bonds. The fourth-order valence-corrected chi connectivity index (χ4v) is 5.03. The van der Waals surface area contributed by atoms with E-state index in [1.165, 1.54) is 29.7 Å². The van der Waals surface area contributed by atoms with Crippen molar-refractivity contribution in [2.75, 3.05) is 25.0 Å². The van der Waals surface area contributed by atoms with Crippen molar-refractivity contribution in [3.63, 3.8) is 0 Å². The maximum Gasteiger partial charge on any atom is 0.307 e. The van der Waals surface area contributed by atoms with E-state index in [0.29, 0.717) is 12.3 Å². The third-order valence-electron chi connectivity index (χ3n) is 5.81. The van der Waals surface area contributed by atoms with Gasteiger partial charge in [-0.3, -0.25) is 9.59 Å². The van der Waals surface area contributed by atoms with Crippen molar-refractivity contribution in [3.05, 3.63) is 63.8 Å². The third-order valence-corrected chi connectivity index (χ3v) is 6.81. The summed E-state index contributed by atoms with van der Waals surface area (Å²) in [7, 11) is 1.77. The Morgan fingerprint density at radius 1 is 1.14 bits per heavy atom. The topological polar surface area (TPSA) is 54.3 Å². The minimum atomic E-state index is 0.0134. The van der Waals surface area contributed by atoms with Gasteiger partial charge >= 0.3 is 4.87 Å². The Kier molecular flexibility index (Phi) is 6.11. The predicted molar refractivity (Wildman–Crippen MR) is 120 cm³/mol. The molecule has 0 spiro atoms. The lowest BCUT2D eigenvalue weighted by molar-refractivity contribution is -0.116. The highest BCUT2D eigenvalue weighted by atomic mass is 32.1. The molecule has 0 atom stereocenters. The summed E-state index contributed by atoms with van der Waals surface area (Å²) < 4.78 is 2.53. The molecule has 3 aromatic rings. The number of amides is 1. The Bertz CT molecular complexity index is 1030. The second-order valence-corrected chi connectivity index (χ2v) is 8.78. The zero-order chi connectivity index (χ0) is 20.2. The predicted octanol–water partition coefficient (Wildman–Crippen LogP) is 4.20. The average Bonchev–Trinajstić information content (AvgIpc) is 3.02. The highest BCUT2D eigenvalue weighted by molar-refractivity contribution is 7.16. The summed E-state index contributed by atoms with van der Waals surface area (Å²) in [6, 6.07) is 16.4. The Labute approximate surface area is 175 Å². The fourth-order valence-electron chi connectivity index (χ4n) is 4.11. The zero-order valence-electron chi connectivity index (χ0n) is 16.8. The number of hydrogen-bond acceptors (Lipinski definition) is 4. The average molecular weight is 410 g/mol. The zero-order valence-corrected chi connectivity index (χ0v) is 17.6. The summed E-state index contributed by atoms with van der Waals surface area (Å²) in [5.74, 6) is 0.700. The first-order valence-electron chi connectivity index (χ1n) is 10.3. The van der Waals surface area contributed by atoms with Crippen LogP contribution in [0.4, 0.5) is 5.69 Å². The number of carbonyl (C=O) groups is 1. The minimum absolute atomic E-state index is 0.0134. The first-order chi connectivity index (χ1) is 14.1. The SMILES string of the molecule is Cn1c(=O)sc2cc(NC(=O)CCCN3CCC(c4ccccc4)CC3)ccc21. The molecule has 0 bridgehead atoms. The van der Waals surface area contributed by atoms with Gasteiger partial charge in [-0.15, -0.1) is 0 Å². The lowest BCUT2D eigenvalue weighted by atomic mass is 9.89. The van der Waals surface area contributed by atoms with Crippen molar-refractivity contribution in [3.8, 4) is 0 Å². The number of rotatable bonds is 6. The molecular weight excluding hydrogens is 382 g/mol. The van der Waals surface area contributed by atoms with Crippen LogP contribution in [0.15, 0.2) is 53.3 Å². The number of hydrogen-bond donors (Lipinski definition) is 1. The normalized spacial score (nSPS) is 15.6. The Hall–Kier alpha value is -2.44. The van der Waals surface area contributed by atoms with Crippen molar-refractivity contribution >= 4 is 33.1 Å². The van der Waals surface area contributed by atoms with E-state index in [1.54, 1.807) is 11.6 Å². The molecule has 1 aliphatic rings. The van der Waals surface area contributed by atoms with Gasteiger partial charge in [0.25, 0.3) is 0 Å². The van der Waals surface area contributed by atoms with Gasteiger partial charge in [-0.1, -0.05) is 41.7 Å². The summed E-state index contributed by atoms with van der Waals surface area (Å²) in [6.45, 7) is 3.17. The van der Waals surface area contributed by atoms with Gasteiger partial charge in [0.05, 0.1) is 10.2 Å². The Morgan fingerprint density at radius 2 is 1.90 bits per heavy atom. The van der Waals surface area contributed by atoms with E-state index >= 15 is 0 Å². The van der Waals surface area contributed by atoms with Crippen molar-refractivity contribution in [1.29, 1.82) is 0 Å². The molecule has 1 fully saturated rings. The van der Waals surface area contributed by atoms with E-state index in [4.69, 9.17) is 0 Å². The highest BCUT2D eigenvalue weighted by Crippen LogP contribution is 2.27. The molecule has 6 heteroatoms. The molecule has 1 aromatic heterocycles. The number of nitrogens with zero attached hydrogens (tertiary/aromatic N) is 2. The van der Waals surface area contributed by atoms with Gasteiger partial charge in [0, 0.05) is 19.2 Å². The standard InChI is InChI=1S/C23H27N3O2S/c1-25-20-10-9-19(16-21(20)29-23(25)28)24-22(27)8-5-13-26-14-11-18(12-15-26)17-6-3-2-4-7-17/h2-4,6-7,9-10,16,18H,5,8,11-15H2,1H3,(H,24,27). The molecule has 1 aliphatic heterocycles. The van der Waals surface area contributed by atoms with Gasteiger partial charge in [-0.05, 0) is 68.6 Å². The number of anilines is 1. The van der Waals surface area contributed by atoms with Gasteiger partial charge in [-0.2, -0.15) is 0 Å². The maximum atomic E-state index is 12.3. The number of piperidine rings is 1. The van der Waals surface area contributed by atoms with Gasteiger partial charge in [-0.25, -0.2) is 0 Å². The molecule has 0 saturated carbocycles. The number of aryl methyl sites for hydroxylation is 1. The number of aromatic nitrogens is 1. The van der Waals surface area contributed by atoms with Crippen LogP contribution < -0.4 is 10.2 Å². The van der Waals surface area contributed by atoms with E-state index in [-0.39, 0.29) is 10.8 Å². The minimum Gasteiger partial charge on any atom is -0.326 e. The van der Waals surface area contributed by atoms with Gasteiger partial charge in [0.15, 0.2) is 0 Å². The Balaban J connectivity index is 1.21. The summed E-state index contributed by atoms with van der Waals surface area (Å²) >= 11 is 1.20. The Morgan fingerprint density at radius 3 is 2.66 bits per heavy atom. The summed E-state index contributed by atoms with van der Waals surface area (Å²) in [5.41, 5.74) is 3.11. The molecule has 0 radical (unpaired) electrons. The van der Waals surface area contributed by atoms with Crippen LogP contribution in [0.25, 0.3) is 10.2 Å². The molecule has 29 heavy (non-hydrogen) atoms. The largest absolute Gasteiger partial charge is 0.326 e. The molecule has 2 aromatic carbocycles. The molecule has 0 aliphatic carbocycles. The highest BCUT2D eigenvalue weighted by Gasteiger charge is 2.20. The molecular formula is C23H27N3O2S. The molecule has 5 nitrogen and oxygen atoms in total. The van der Waals surface area contributed by atoms with E-state index in [2.05, 4.69) is 40.5 Å². The second kappa shape index (κ2) is 8.93. The summed E-state index contributed by atoms with van der Waals surface area (Å²) in [4.78, 5) is 26.5. The van der Waals surface area contributed by atoms with E-state index in [1.807, 2.05) is 18.2 Å². The second-order valence-electron chi connectivity index (χ2n) is 7.79. The van der Waals surface area contributed by atoms with Crippen LogP contribution in [0.5, 0.6) is 0 Å². The number of likely N-dealkylation sites (tertiary alicyclic amines) is 1. The molecule has 0 unspecified atom stereocenters. The van der Waals surface area contributed by atoms with Crippen molar-refractivity contribution in [1.82, 2.24) is 9.47 Å². The molecule has 152 valence electrons. The first kappa shape index (κ1) is 19.9. The summed E-state index contributed by atoms with van der Waals surface area (Å²) in [6.07, 6.45) is 3.76. The van der Waals surface area contributed by atoms with Gasteiger partial charge in [0.1, 0.15) is 0 Å². The van der Waals surface area contributed by atoms with Gasteiger partial charge in [0.2, 0.25) is 5.91 Å². The monoisotopic (exact) mass is 409 g/mol. The molecule has 1 N–H and O–H groups in total. The maximum absolute atomic E-state index is 12.3. The quantitative estimate of drug-likeness (QED) is 0.664. The lowest BCUT2D eigenvalue weighted by Crippen LogP contribution is -2.34. The van der Waals surface area contributed by atoms with E-state index in [9.17, 15) is 9.59 Å². The molecule has 1 saturated heterocycles. The smallest absolute Gasteiger partial charge is 0.307 e. The number of benzene rings is 2. The van der Waals surface area contributed by atoms with Crippen LogP contribution in [0, 0.1) is 0 Å². The van der Waals surface area contributed by atoms with Crippen LogP contribution in [-0.2, 0) is 11.8 Å². The molecule has 4 rings (SSSR count). The van der Waals surface area contributed by atoms with Crippen LogP contribution in [0.3, 0.4) is 0 Å². The molecule has 2 heterocycles. The van der Waals surface area contributed by atoms with Crippen molar-refractivity contribution in [2.45, 2.75) is 31.6 Å². The number of carbonyl (C=O) groups excluding carboxylic acids is 1. The van der Waals surface area contributed by atoms with E-state index < -0.39 is 0 Å². The summed E-state index contributed by atoms with van der Waals surface area (Å²) in [5, 5.41) is 2.97. The van der Waals surface area contributed by atoms with Crippen molar-refractivity contribution in [2.24, 2.45) is 7.05 Å². The van der Waals surface area contributed by atoms with Crippen LogP contribution >= 0.6 is 11.3 Å². The van der Waals surface area contributed by atoms with Crippen molar-refractivity contribution < 1.29 is 4.79 Å². The van der Waals surface area contributed by atoms with E-state index in [0.717, 1.165) is 42.0 Å². The third kappa shape index (κ3) is 4.77. The lowest BCUT2D eigenvalue weighted by Gasteiger charge is -2.32. The number of fused-ring (bicyclic) bond motifs is 1. The van der Waals surface area contributed by atoms with Gasteiger partial charge < -0.3 is 14.8 Å². The number of thiazole rings is 1. The van der Waals surface area contributed by atoms with Crippen LogP contribution in [0.1, 0.15) is 37.2 Å². The number of nitrogens with one attached hydrogen (secondary N) is 1. The van der Waals surface area contributed by atoms with Crippen LogP contribution in [0.2, 0.25) is 0 Å². The first-order valence-corrected chi connectivity index (χ1v) is 11.1. The fraction of sp³-hybridized carbons (Fsp3) is 0.391.